The number of rotatable bonds is 6. The van der Waals surface area contributed by atoms with Crippen molar-refractivity contribution in [2.45, 2.75) is 70.2 Å². The topological polar surface area (TPSA) is 101 Å². The summed E-state index contributed by atoms with van der Waals surface area (Å²) < 4.78 is 34.1. The van der Waals surface area contributed by atoms with Crippen LogP contribution in [0.2, 0.25) is 0 Å². The Hall–Kier alpha value is -1.67. The molecular weight excluding hydrogens is 328 g/mol. The summed E-state index contributed by atoms with van der Waals surface area (Å²) in [5.41, 5.74) is 1.75. The molecule has 0 spiro atoms. The van der Waals surface area contributed by atoms with Crippen LogP contribution in [0.25, 0.3) is 11.5 Å². The molecule has 24 heavy (non-hydrogen) atoms. The lowest BCUT2D eigenvalue weighted by molar-refractivity contribution is 0.338. The number of aromatic nitrogens is 3. The number of H-pyrrole nitrogens is 1. The van der Waals surface area contributed by atoms with Crippen LogP contribution in [0.5, 0.6) is 0 Å². The van der Waals surface area contributed by atoms with E-state index in [1.165, 1.54) is 6.42 Å². The molecule has 1 aliphatic rings. The average molecular weight is 352 g/mol. The molecule has 0 bridgehead atoms. The summed E-state index contributed by atoms with van der Waals surface area (Å²) >= 11 is 0. The first-order chi connectivity index (χ1) is 11.3. The summed E-state index contributed by atoms with van der Waals surface area (Å²) in [7, 11) is -3.67. The molecule has 3 rings (SSSR count). The molecule has 1 saturated carbocycles. The summed E-state index contributed by atoms with van der Waals surface area (Å²) in [6.45, 7) is 7.34. The van der Waals surface area contributed by atoms with E-state index >= 15 is 0 Å². The minimum atomic E-state index is -3.67. The molecule has 0 amide bonds. The van der Waals surface area contributed by atoms with Gasteiger partial charge in [0.1, 0.15) is 4.90 Å². The third kappa shape index (κ3) is 3.00. The predicted octanol–water partition coefficient (Wildman–Crippen LogP) is 3.03. The second-order valence-electron chi connectivity index (χ2n) is 6.58. The highest BCUT2D eigenvalue weighted by Gasteiger charge is 2.31. The lowest BCUT2D eigenvalue weighted by Crippen LogP contribution is -2.32. The molecule has 2 N–H and O–H groups in total. The van der Waals surface area contributed by atoms with Gasteiger partial charge in [-0.15, -0.1) is 10.2 Å². The van der Waals surface area contributed by atoms with Crippen LogP contribution in [-0.2, 0) is 10.0 Å². The van der Waals surface area contributed by atoms with Gasteiger partial charge in [-0.2, -0.15) is 0 Å². The highest BCUT2D eigenvalue weighted by Crippen LogP contribution is 2.38. The largest absolute Gasteiger partial charge is 0.420 e. The van der Waals surface area contributed by atoms with Crippen molar-refractivity contribution in [3.8, 4) is 11.5 Å². The molecule has 0 saturated heterocycles. The molecule has 2 aromatic rings. The van der Waals surface area contributed by atoms with Gasteiger partial charge >= 0.3 is 0 Å². The molecule has 1 atom stereocenters. The van der Waals surface area contributed by atoms with Gasteiger partial charge in [-0.25, -0.2) is 13.1 Å². The third-order valence-electron chi connectivity index (χ3n) is 4.66. The quantitative estimate of drug-likeness (QED) is 0.832. The molecule has 0 unspecified atom stereocenters. The zero-order valence-electron chi connectivity index (χ0n) is 14.5. The van der Waals surface area contributed by atoms with Crippen LogP contribution < -0.4 is 4.72 Å². The smallest absolute Gasteiger partial charge is 0.250 e. The van der Waals surface area contributed by atoms with Crippen molar-refractivity contribution >= 4 is 10.0 Å². The molecule has 2 heterocycles. The second-order valence-corrected chi connectivity index (χ2v) is 8.23. The van der Waals surface area contributed by atoms with E-state index in [1.54, 1.807) is 6.92 Å². The molecule has 7 nitrogen and oxygen atoms in total. The van der Waals surface area contributed by atoms with Crippen LogP contribution in [0.3, 0.4) is 0 Å². The van der Waals surface area contributed by atoms with Crippen LogP contribution in [0.1, 0.15) is 62.7 Å². The summed E-state index contributed by atoms with van der Waals surface area (Å²) in [5, 5.41) is 8.23. The number of nitrogens with one attached hydrogen (secondary N) is 2. The Morgan fingerprint density at radius 1 is 1.29 bits per heavy atom. The SMILES string of the molecule is CC[C@H](C)NS(=O)(=O)c1c(C)[nH]c(C)c1-c1nnc(C2CCC2)o1. The number of sulfonamides is 1. The maximum Gasteiger partial charge on any atom is 0.250 e. The van der Waals surface area contributed by atoms with Gasteiger partial charge in [-0.05, 0) is 40.0 Å². The maximum atomic E-state index is 12.8. The minimum absolute atomic E-state index is 0.148. The maximum absolute atomic E-state index is 12.8. The molecular formula is C16H24N4O3S. The summed E-state index contributed by atoms with van der Waals surface area (Å²) in [4.78, 5) is 3.29. The first-order valence-corrected chi connectivity index (χ1v) is 9.87. The Labute approximate surface area is 142 Å². The van der Waals surface area contributed by atoms with Crippen molar-refractivity contribution in [3.05, 3.63) is 17.3 Å². The van der Waals surface area contributed by atoms with Crippen molar-refractivity contribution < 1.29 is 12.8 Å². The van der Waals surface area contributed by atoms with Gasteiger partial charge in [0.25, 0.3) is 5.89 Å². The molecule has 0 radical (unpaired) electrons. The van der Waals surface area contributed by atoms with Gasteiger partial charge in [-0.1, -0.05) is 13.3 Å². The highest BCUT2D eigenvalue weighted by molar-refractivity contribution is 7.89. The third-order valence-corrected chi connectivity index (χ3v) is 6.42. The van der Waals surface area contributed by atoms with Crippen LogP contribution in [0.15, 0.2) is 9.31 Å². The molecule has 132 valence electrons. The number of aryl methyl sites for hydroxylation is 2. The summed E-state index contributed by atoms with van der Waals surface area (Å²) in [6, 6.07) is -0.148. The lowest BCUT2D eigenvalue weighted by atomic mass is 9.85. The molecule has 0 aliphatic heterocycles. The average Bonchev–Trinajstić information content (AvgIpc) is 3.00. The van der Waals surface area contributed by atoms with E-state index in [0.29, 0.717) is 35.2 Å². The number of nitrogens with zero attached hydrogens (tertiary/aromatic N) is 2. The number of hydrogen-bond acceptors (Lipinski definition) is 5. The van der Waals surface area contributed by atoms with Crippen molar-refractivity contribution in [2.24, 2.45) is 0 Å². The predicted molar refractivity (Wildman–Crippen MR) is 90.2 cm³/mol. The Kier molecular flexibility index (Phi) is 4.52. The van der Waals surface area contributed by atoms with E-state index in [9.17, 15) is 8.42 Å². The van der Waals surface area contributed by atoms with Crippen molar-refractivity contribution in [1.29, 1.82) is 0 Å². The van der Waals surface area contributed by atoms with Gasteiger partial charge in [0.05, 0.1) is 5.56 Å². The standard InChI is InChI=1S/C16H24N4O3S/c1-5-9(2)20-24(21,22)14-11(4)17-10(3)13(14)16-19-18-15(23-16)12-7-6-8-12/h9,12,17,20H,5-8H2,1-4H3/t9-/m0/s1. The van der Waals surface area contributed by atoms with Gasteiger partial charge in [-0.3, -0.25) is 0 Å². The Bertz CT molecular complexity index is 834. The minimum Gasteiger partial charge on any atom is -0.420 e. The number of hydrogen-bond donors (Lipinski definition) is 2. The van der Waals surface area contributed by atoms with Crippen LogP contribution >= 0.6 is 0 Å². The van der Waals surface area contributed by atoms with E-state index in [0.717, 1.165) is 12.8 Å². The summed E-state index contributed by atoms with van der Waals surface area (Å²) in [5.74, 6) is 1.18. The Morgan fingerprint density at radius 2 is 2.00 bits per heavy atom. The zero-order valence-corrected chi connectivity index (χ0v) is 15.3. The lowest BCUT2D eigenvalue weighted by Gasteiger charge is -2.20. The first-order valence-electron chi connectivity index (χ1n) is 8.38. The van der Waals surface area contributed by atoms with Gasteiger partial charge in [0, 0.05) is 23.3 Å². The Morgan fingerprint density at radius 3 is 2.58 bits per heavy atom. The molecule has 1 fully saturated rings. The highest BCUT2D eigenvalue weighted by atomic mass is 32.2. The fourth-order valence-electron chi connectivity index (χ4n) is 2.91. The molecule has 1 aliphatic carbocycles. The second kappa shape index (κ2) is 6.33. The van der Waals surface area contributed by atoms with Gasteiger partial charge in [0.2, 0.25) is 15.9 Å². The van der Waals surface area contributed by atoms with E-state index < -0.39 is 10.0 Å². The van der Waals surface area contributed by atoms with E-state index in [4.69, 9.17) is 4.42 Å². The van der Waals surface area contributed by atoms with E-state index in [2.05, 4.69) is 19.9 Å². The van der Waals surface area contributed by atoms with E-state index in [-0.39, 0.29) is 16.8 Å². The zero-order chi connectivity index (χ0) is 17.5. The van der Waals surface area contributed by atoms with Crippen molar-refractivity contribution in [2.75, 3.05) is 0 Å². The Balaban J connectivity index is 2.04. The van der Waals surface area contributed by atoms with Crippen molar-refractivity contribution in [1.82, 2.24) is 19.9 Å². The number of aromatic amines is 1. The molecule has 2 aromatic heterocycles. The van der Waals surface area contributed by atoms with Crippen LogP contribution in [0, 0.1) is 13.8 Å². The van der Waals surface area contributed by atoms with Crippen molar-refractivity contribution in [3.63, 3.8) is 0 Å². The van der Waals surface area contributed by atoms with Crippen LogP contribution in [-0.4, -0.2) is 29.6 Å². The monoisotopic (exact) mass is 352 g/mol. The van der Waals surface area contributed by atoms with E-state index in [1.807, 2.05) is 20.8 Å². The van der Waals surface area contributed by atoms with Gasteiger partial charge < -0.3 is 9.40 Å². The first kappa shape index (κ1) is 17.2. The normalized spacial score (nSPS) is 17.0. The molecule has 0 aromatic carbocycles. The fraction of sp³-hybridized carbons (Fsp3) is 0.625. The van der Waals surface area contributed by atoms with Gasteiger partial charge in [0.15, 0.2) is 0 Å². The van der Waals surface area contributed by atoms with Crippen LogP contribution in [0.4, 0.5) is 0 Å². The molecule has 8 heteroatoms. The summed E-state index contributed by atoms with van der Waals surface area (Å²) in [6.07, 6.45) is 3.98. The fourth-order valence-corrected chi connectivity index (χ4v) is 4.69.